The number of allylic oxidation sites excluding steroid dienone is 2. The third-order valence-corrected chi connectivity index (χ3v) is 2.38. The minimum atomic E-state index is 0.309. The fourth-order valence-corrected chi connectivity index (χ4v) is 1.80. The lowest BCUT2D eigenvalue weighted by Gasteiger charge is -2.09. The molecule has 48 valence electrons. The van der Waals surface area contributed by atoms with E-state index in [1.54, 1.807) is 0 Å². The van der Waals surface area contributed by atoms with Gasteiger partial charge in [-0.05, 0) is 19.3 Å². The van der Waals surface area contributed by atoms with Gasteiger partial charge < -0.3 is 0 Å². The number of Topliss-reactive ketones (excluding diaryl/α,β-unsaturated/α-hetero) is 1. The van der Waals surface area contributed by atoms with E-state index < -0.39 is 0 Å². The van der Waals surface area contributed by atoms with Crippen LogP contribution in [-0.2, 0) is 4.79 Å². The van der Waals surface area contributed by atoms with Crippen LogP contribution in [0, 0.1) is 11.8 Å². The number of rotatable bonds is 0. The van der Waals surface area contributed by atoms with Gasteiger partial charge in [-0.25, -0.2) is 0 Å². The van der Waals surface area contributed by atoms with E-state index in [1.807, 2.05) is 0 Å². The number of hydrogen-bond donors (Lipinski definition) is 0. The quantitative estimate of drug-likeness (QED) is 0.445. The molecule has 0 amide bonds. The third-order valence-electron chi connectivity index (χ3n) is 2.38. The molecule has 2 aliphatic carbocycles. The second-order valence-electron chi connectivity index (χ2n) is 2.95. The molecule has 1 heteroatoms. The molecule has 2 bridgehead atoms. The van der Waals surface area contributed by atoms with Crippen LogP contribution < -0.4 is 0 Å². The Morgan fingerprint density at radius 1 is 1.44 bits per heavy atom. The second kappa shape index (κ2) is 1.69. The smallest absolute Gasteiger partial charge is 0.143 e. The Kier molecular flexibility index (Phi) is 0.981. The van der Waals surface area contributed by atoms with Crippen molar-refractivity contribution < 1.29 is 4.79 Å². The van der Waals surface area contributed by atoms with Crippen LogP contribution in [0.3, 0.4) is 0 Å². The van der Waals surface area contributed by atoms with E-state index in [1.165, 1.54) is 0 Å². The van der Waals surface area contributed by atoms with Gasteiger partial charge in [0.25, 0.3) is 0 Å². The van der Waals surface area contributed by atoms with Crippen molar-refractivity contribution >= 4 is 5.78 Å². The molecule has 0 radical (unpaired) electrons. The normalized spacial score (nSPS) is 39.8. The first-order chi connectivity index (χ1) is 4.38. The number of ketones is 1. The summed E-state index contributed by atoms with van der Waals surface area (Å²) < 4.78 is 0. The second-order valence-corrected chi connectivity index (χ2v) is 2.95. The highest BCUT2D eigenvalue weighted by Gasteiger charge is 2.33. The Bertz CT molecular complexity index is 169. The molecule has 2 rings (SSSR count). The maximum atomic E-state index is 11.1. The van der Waals surface area contributed by atoms with E-state index in [0.29, 0.717) is 17.6 Å². The van der Waals surface area contributed by atoms with Crippen LogP contribution in [-0.4, -0.2) is 5.78 Å². The van der Waals surface area contributed by atoms with E-state index >= 15 is 0 Å². The molecule has 1 saturated carbocycles. The summed E-state index contributed by atoms with van der Waals surface area (Å²) in [5.41, 5.74) is 0. The first kappa shape index (κ1) is 5.21. The largest absolute Gasteiger partial charge is 0.299 e. The van der Waals surface area contributed by atoms with E-state index in [4.69, 9.17) is 0 Å². The lowest BCUT2D eigenvalue weighted by molar-refractivity contribution is -0.123. The molecular formula is C8H10O. The van der Waals surface area contributed by atoms with Gasteiger partial charge in [-0.15, -0.1) is 0 Å². The maximum absolute atomic E-state index is 11.1. The molecule has 0 saturated heterocycles. The summed E-state index contributed by atoms with van der Waals surface area (Å²) in [5, 5.41) is 0. The number of fused-ring (bicyclic) bond motifs is 2. The van der Waals surface area contributed by atoms with Gasteiger partial charge in [0, 0.05) is 11.8 Å². The van der Waals surface area contributed by atoms with Crippen molar-refractivity contribution in [2.45, 2.75) is 19.3 Å². The van der Waals surface area contributed by atoms with Crippen molar-refractivity contribution in [2.75, 3.05) is 0 Å². The van der Waals surface area contributed by atoms with Crippen molar-refractivity contribution in [1.29, 1.82) is 0 Å². The number of carbonyl (C=O) groups excluding carboxylic acids is 1. The highest BCUT2D eigenvalue weighted by molar-refractivity contribution is 5.88. The minimum absolute atomic E-state index is 0.309. The first-order valence-corrected chi connectivity index (χ1v) is 3.58. The van der Waals surface area contributed by atoms with Gasteiger partial charge >= 0.3 is 0 Å². The van der Waals surface area contributed by atoms with Crippen molar-refractivity contribution in [2.24, 2.45) is 11.8 Å². The van der Waals surface area contributed by atoms with Crippen LogP contribution in [0.15, 0.2) is 12.2 Å². The SMILES string of the molecule is O=C1[C@@H]2CC=C[C@@H]1CC2. The van der Waals surface area contributed by atoms with Crippen molar-refractivity contribution in [3.8, 4) is 0 Å². The molecule has 0 heterocycles. The first-order valence-electron chi connectivity index (χ1n) is 3.58. The average Bonchev–Trinajstić information content (AvgIpc) is 2.19. The Balaban J connectivity index is 2.32. The zero-order valence-corrected chi connectivity index (χ0v) is 5.34. The van der Waals surface area contributed by atoms with Gasteiger partial charge in [0.05, 0.1) is 0 Å². The lowest BCUT2D eigenvalue weighted by atomic mass is 9.94. The van der Waals surface area contributed by atoms with Gasteiger partial charge in [-0.2, -0.15) is 0 Å². The molecule has 0 unspecified atom stereocenters. The molecule has 0 aromatic rings. The zero-order valence-electron chi connectivity index (χ0n) is 5.34. The predicted molar refractivity (Wildman–Crippen MR) is 35.0 cm³/mol. The molecule has 2 atom stereocenters. The summed E-state index contributed by atoms with van der Waals surface area (Å²) in [4.78, 5) is 11.1. The summed E-state index contributed by atoms with van der Waals surface area (Å²) >= 11 is 0. The van der Waals surface area contributed by atoms with Gasteiger partial charge in [-0.1, -0.05) is 12.2 Å². The summed E-state index contributed by atoms with van der Waals surface area (Å²) in [6.07, 6.45) is 7.49. The summed E-state index contributed by atoms with van der Waals surface area (Å²) in [7, 11) is 0. The van der Waals surface area contributed by atoms with Crippen LogP contribution in [0.25, 0.3) is 0 Å². The van der Waals surface area contributed by atoms with Gasteiger partial charge in [-0.3, -0.25) is 4.79 Å². The van der Waals surface area contributed by atoms with Crippen molar-refractivity contribution in [1.82, 2.24) is 0 Å². The fraction of sp³-hybridized carbons (Fsp3) is 0.625. The molecule has 2 aliphatic rings. The van der Waals surface area contributed by atoms with Crippen LogP contribution >= 0.6 is 0 Å². The molecule has 9 heavy (non-hydrogen) atoms. The highest BCUT2D eigenvalue weighted by atomic mass is 16.1. The molecule has 0 aliphatic heterocycles. The number of hydrogen-bond acceptors (Lipinski definition) is 1. The molecule has 1 fully saturated rings. The van der Waals surface area contributed by atoms with Gasteiger partial charge in [0.2, 0.25) is 0 Å². The van der Waals surface area contributed by atoms with Gasteiger partial charge in [0.15, 0.2) is 0 Å². The van der Waals surface area contributed by atoms with E-state index in [2.05, 4.69) is 12.2 Å². The van der Waals surface area contributed by atoms with Crippen LogP contribution in [0.2, 0.25) is 0 Å². The van der Waals surface area contributed by atoms with E-state index in [0.717, 1.165) is 19.3 Å². The van der Waals surface area contributed by atoms with E-state index in [9.17, 15) is 4.79 Å². The lowest BCUT2D eigenvalue weighted by Crippen LogP contribution is -2.14. The van der Waals surface area contributed by atoms with Crippen LogP contribution in [0.4, 0.5) is 0 Å². The third kappa shape index (κ3) is 0.640. The monoisotopic (exact) mass is 122 g/mol. The number of carbonyl (C=O) groups is 1. The molecule has 1 nitrogen and oxygen atoms in total. The standard InChI is InChI=1S/C8H10O/c9-8-6-2-1-3-7(8)5-4-6/h1-2,6-7H,3-5H2/t6-,7-/m1/s1. The van der Waals surface area contributed by atoms with Crippen LogP contribution in [0.5, 0.6) is 0 Å². The molecule has 0 spiro atoms. The Morgan fingerprint density at radius 2 is 2.33 bits per heavy atom. The molecule has 0 N–H and O–H groups in total. The van der Waals surface area contributed by atoms with Gasteiger partial charge in [0.1, 0.15) is 5.78 Å². The fourth-order valence-electron chi connectivity index (χ4n) is 1.80. The highest BCUT2D eigenvalue weighted by Crippen LogP contribution is 2.34. The molecular weight excluding hydrogens is 112 g/mol. The summed E-state index contributed by atoms with van der Waals surface area (Å²) in [6, 6.07) is 0. The molecule has 0 aromatic carbocycles. The maximum Gasteiger partial charge on any atom is 0.143 e. The summed E-state index contributed by atoms with van der Waals surface area (Å²) in [5.74, 6) is 1.21. The topological polar surface area (TPSA) is 17.1 Å². The van der Waals surface area contributed by atoms with E-state index in [-0.39, 0.29) is 0 Å². The minimum Gasteiger partial charge on any atom is -0.299 e. The molecule has 0 aromatic heterocycles. The Morgan fingerprint density at radius 3 is 3.00 bits per heavy atom. The van der Waals surface area contributed by atoms with Crippen molar-refractivity contribution in [3.05, 3.63) is 12.2 Å². The van der Waals surface area contributed by atoms with Crippen molar-refractivity contribution in [3.63, 3.8) is 0 Å². The van der Waals surface area contributed by atoms with Crippen LogP contribution in [0.1, 0.15) is 19.3 Å². The predicted octanol–water partition coefficient (Wildman–Crippen LogP) is 1.54. The summed E-state index contributed by atoms with van der Waals surface area (Å²) in [6.45, 7) is 0. The Hall–Kier alpha value is -0.590. The zero-order chi connectivity index (χ0) is 6.27. The average molecular weight is 122 g/mol. The Labute approximate surface area is 54.8 Å².